The van der Waals surface area contributed by atoms with Gasteiger partial charge < -0.3 is 11.5 Å². The zero-order valence-corrected chi connectivity index (χ0v) is 11.9. The highest BCUT2D eigenvalue weighted by Crippen LogP contribution is 2.32. The van der Waals surface area contributed by atoms with Crippen molar-refractivity contribution in [3.63, 3.8) is 0 Å². The molecule has 0 aliphatic rings. The molecule has 0 saturated heterocycles. The van der Waals surface area contributed by atoms with Crippen LogP contribution in [0, 0.1) is 0 Å². The van der Waals surface area contributed by atoms with Crippen molar-refractivity contribution in [2.45, 2.75) is 0 Å². The fourth-order valence-electron chi connectivity index (χ4n) is 1.68. The van der Waals surface area contributed by atoms with Crippen molar-refractivity contribution >= 4 is 52.0 Å². The van der Waals surface area contributed by atoms with Crippen LogP contribution in [0.2, 0.25) is 15.1 Å². The number of halogens is 3. The highest BCUT2D eigenvalue weighted by atomic mass is 35.5. The molecule has 4 N–H and O–H groups in total. The Morgan fingerprint density at radius 3 is 2.05 bits per heavy atom. The number of benzene rings is 2. The van der Waals surface area contributed by atoms with E-state index in [-0.39, 0.29) is 27.1 Å². The molecule has 0 radical (unpaired) electrons. The second-order valence-corrected chi connectivity index (χ2v) is 5.17. The zero-order chi connectivity index (χ0) is 14.2. The predicted octanol–water partition coefficient (Wildman–Crippen LogP) is 4.04. The van der Waals surface area contributed by atoms with Crippen molar-refractivity contribution < 1.29 is 4.79 Å². The molecule has 0 atom stereocenters. The van der Waals surface area contributed by atoms with Crippen molar-refractivity contribution in [1.29, 1.82) is 0 Å². The van der Waals surface area contributed by atoms with Crippen LogP contribution >= 0.6 is 34.8 Å². The van der Waals surface area contributed by atoms with E-state index in [9.17, 15) is 4.79 Å². The maximum Gasteiger partial charge on any atom is 0.198 e. The standard InChI is InChI=1S/C13H9Cl3N2O/c14-6-3-9(15)12(10(16)4-6)13(19)8-2-1-7(17)5-11(8)18/h1-5H,17-18H2. The van der Waals surface area contributed by atoms with Gasteiger partial charge in [0.15, 0.2) is 5.78 Å². The van der Waals surface area contributed by atoms with E-state index in [1.807, 2.05) is 0 Å². The summed E-state index contributed by atoms with van der Waals surface area (Å²) in [6.45, 7) is 0. The van der Waals surface area contributed by atoms with Crippen molar-refractivity contribution in [3.05, 3.63) is 56.5 Å². The second-order valence-electron chi connectivity index (χ2n) is 3.92. The number of nitrogens with two attached hydrogens (primary N) is 2. The van der Waals surface area contributed by atoms with Gasteiger partial charge in [-0.2, -0.15) is 0 Å². The molecule has 0 amide bonds. The van der Waals surface area contributed by atoms with E-state index < -0.39 is 0 Å². The Morgan fingerprint density at radius 1 is 0.947 bits per heavy atom. The van der Waals surface area contributed by atoms with Gasteiger partial charge in [-0.05, 0) is 30.3 Å². The second kappa shape index (κ2) is 5.29. The molecule has 0 bridgehead atoms. The van der Waals surface area contributed by atoms with E-state index in [1.54, 1.807) is 6.07 Å². The Balaban J connectivity index is 2.56. The lowest BCUT2D eigenvalue weighted by molar-refractivity contribution is 0.104. The molecule has 0 aromatic heterocycles. The van der Waals surface area contributed by atoms with Gasteiger partial charge >= 0.3 is 0 Å². The van der Waals surface area contributed by atoms with E-state index in [2.05, 4.69) is 0 Å². The van der Waals surface area contributed by atoms with Crippen molar-refractivity contribution in [3.8, 4) is 0 Å². The highest BCUT2D eigenvalue weighted by Gasteiger charge is 2.19. The minimum atomic E-state index is -0.371. The number of carbonyl (C=O) groups excluding carboxylic acids is 1. The number of carbonyl (C=O) groups is 1. The van der Waals surface area contributed by atoms with Crippen LogP contribution in [0.25, 0.3) is 0 Å². The average molecular weight is 316 g/mol. The van der Waals surface area contributed by atoms with Gasteiger partial charge in [-0.15, -0.1) is 0 Å². The Labute approximate surface area is 125 Å². The van der Waals surface area contributed by atoms with E-state index in [0.29, 0.717) is 16.3 Å². The normalized spacial score (nSPS) is 10.5. The number of ketones is 1. The third kappa shape index (κ3) is 2.78. The summed E-state index contributed by atoms with van der Waals surface area (Å²) in [5.41, 5.74) is 12.6. The maximum absolute atomic E-state index is 12.4. The van der Waals surface area contributed by atoms with E-state index in [1.165, 1.54) is 24.3 Å². The molecule has 0 spiro atoms. The van der Waals surface area contributed by atoms with Gasteiger partial charge in [0.1, 0.15) is 0 Å². The minimum Gasteiger partial charge on any atom is -0.399 e. The molecule has 0 aliphatic carbocycles. The lowest BCUT2D eigenvalue weighted by Gasteiger charge is -2.09. The first-order valence-corrected chi connectivity index (χ1v) is 6.38. The first-order valence-electron chi connectivity index (χ1n) is 5.24. The molecule has 2 aromatic carbocycles. The first kappa shape index (κ1) is 14.0. The number of nitrogen functional groups attached to an aromatic ring is 2. The van der Waals surface area contributed by atoms with Crippen LogP contribution in [0.4, 0.5) is 11.4 Å². The maximum atomic E-state index is 12.4. The Hall–Kier alpha value is -1.42. The molecule has 2 aromatic rings. The molecule has 3 nitrogen and oxygen atoms in total. The van der Waals surface area contributed by atoms with E-state index >= 15 is 0 Å². The molecule has 0 saturated carbocycles. The van der Waals surface area contributed by atoms with Crippen LogP contribution < -0.4 is 11.5 Å². The Morgan fingerprint density at radius 2 is 1.53 bits per heavy atom. The first-order chi connectivity index (χ1) is 8.90. The van der Waals surface area contributed by atoms with Crippen molar-refractivity contribution in [1.82, 2.24) is 0 Å². The highest BCUT2D eigenvalue weighted by molar-refractivity contribution is 6.43. The van der Waals surface area contributed by atoms with Gasteiger partial charge in [-0.25, -0.2) is 0 Å². The summed E-state index contributed by atoms with van der Waals surface area (Å²) < 4.78 is 0. The van der Waals surface area contributed by atoms with Crippen LogP contribution in [0.3, 0.4) is 0 Å². The summed E-state index contributed by atoms with van der Waals surface area (Å²) in [5.74, 6) is -0.371. The number of hydrogen-bond donors (Lipinski definition) is 2. The third-order valence-electron chi connectivity index (χ3n) is 2.55. The van der Waals surface area contributed by atoms with Gasteiger partial charge in [0, 0.05) is 22.0 Å². The van der Waals surface area contributed by atoms with E-state index in [0.717, 1.165) is 0 Å². The summed E-state index contributed by atoms with van der Waals surface area (Å²) in [5, 5.41) is 0.717. The molecule has 98 valence electrons. The number of anilines is 2. The van der Waals surface area contributed by atoms with Gasteiger partial charge in [0.05, 0.1) is 15.6 Å². The lowest BCUT2D eigenvalue weighted by Crippen LogP contribution is -2.07. The van der Waals surface area contributed by atoms with Crippen LogP contribution in [-0.4, -0.2) is 5.78 Å². The predicted molar refractivity (Wildman–Crippen MR) is 80.2 cm³/mol. The molecular weight excluding hydrogens is 307 g/mol. The van der Waals surface area contributed by atoms with Gasteiger partial charge in [0.2, 0.25) is 0 Å². The molecule has 0 unspecified atom stereocenters. The lowest BCUT2D eigenvalue weighted by atomic mass is 10.0. The average Bonchev–Trinajstić information content (AvgIpc) is 2.26. The monoisotopic (exact) mass is 314 g/mol. The molecule has 0 heterocycles. The van der Waals surface area contributed by atoms with E-state index in [4.69, 9.17) is 46.3 Å². The smallest absolute Gasteiger partial charge is 0.198 e. The summed E-state index contributed by atoms with van der Waals surface area (Å²) in [4.78, 5) is 12.4. The molecule has 6 heteroatoms. The SMILES string of the molecule is Nc1ccc(C(=O)c2c(Cl)cc(Cl)cc2Cl)c(N)c1. The van der Waals surface area contributed by atoms with Gasteiger partial charge in [0.25, 0.3) is 0 Å². The topological polar surface area (TPSA) is 69.1 Å². The quantitative estimate of drug-likeness (QED) is 0.649. The largest absolute Gasteiger partial charge is 0.399 e. The number of hydrogen-bond acceptors (Lipinski definition) is 3. The van der Waals surface area contributed by atoms with Crippen LogP contribution in [0.1, 0.15) is 15.9 Å². The Bertz CT molecular complexity index is 648. The molecule has 2 rings (SSSR count). The fraction of sp³-hybridized carbons (Fsp3) is 0. The van der Waals surface area contributed by atoms with Crippen molar-refractivity contribution in [2.75, 3.05) is 11.5 Å². The summed E-state index contributed by atoms with van der Waals surface area (Å²) in [7, 11) is 0. The van der Waals surface area contributed by atoms with Gasteiger partial charge in [-0.3, -0.25) is 4.79 Å². The molecule has 0 fully saturated rings. The molecule has 0 aliphatic heterocycles. The summed E-state index contributed by atoms with van der Waals surface area (Å²) >= 11 is 17.8. The molecule has 19 heavy (non-hydrogen) atoms. The van der Waals surface area contributed by atoms with Crippen LogP contribution in [-0.2, 0) is 0 Å². The Kier molecular flexibility index (Phi) is 3.90. The molecular formula is C13H9Cl3N2O. The van der Waals surface area contributed by atoms with Crippen LogP contribution in [0.5, 0.6) is 0 Å². The third-order valence-corrected chi connectivity index (χ3v) is 3.37. The van der Waals surface area contributed by atoms with Gasteiger partial charge in [-0.1, -0.05) is 34.8 Å². The summed E-state index contributed by atoms with van der Waals surface area (Å²) in [6, 6.07) is 7.53. The minimum absolute atomic E-state index is 0.171. The number of rotatable bonds is 2. The van der Waals surface area contributed by atoms with Crippen LogP contribution in [0.15, 0.2) is 30.3 Å². The fourth-order valence-corrected chi connectivity index (χ4v) is 2.67. The summed E-state index contributed by atoms with van der Waals surface area (Å²) in [6.07, 6.45) is 0. The zero-order valence-electron chi connectivity index (χ0n) is 9.58. The van der Waals surface area contributed by atoms with Crippen molar-refractivity contribution in [2.24, 2.45) is 0 Å².